The smallest absolute Gasteiger partial charge is 0.341 e. The lowest BCUT2D eigenvalue weighted by Crippen LogP contribution is -2.16. The van der Waals surface area contributed by atoms with Crippen LogP contribution in [0.5, 0.6) is 0 Å². The molecule has 2 atom stereocenters. The van der Waals surface area contributed by atoms with Gasteiger partial charge < -0.3 is 4.74 Å². The second-order valence-electron chi connectivity index (χ2n) is 9.52. The highest BCUT2D eigenvalue weighted by molar-refractivity contribution is 8.08. The van der Waals surface area contributed by atoms with Crippen molar-refractivity contribution in [2.75, 3.05) is 6.61 Å². The van der Waals surface area contributed by atoms with Crippen LogP contribution in [0.3, 0.4) is 0 Å². The van der Waals surface area contributed by atoms with Crippen LogP contribution in [0.1, 0.15) is 72.9 Å². The predicted molar refractivity (Wildman–Crippen MR) is 149 cm³/mol. The van der Waals surface area contributed by atoms with Crippen LogP contribution in [-0.4, -0.2) is 30.7 Å². The number of rotatable bonds is 10. The molecule has 1 heterocycles. The molecule has 1 aliphatic heterocycles. The van der Waals surface area contributed by atoms with Crippen molar-refractivity contribution in [1.82, 2.24) is 0 Å². The second-order valence-corrected chi connectivity index (χ2v) is 11.0. The molecule has 3 aliphatic rings. The van der Waals surface area contributed by atoms with Gasteiger partial charge in [-0.15, -0.1) is 12.3 Å². The summed E-state index contributed by atoms with van der Waals surface area (Å²) in [6, 6.07) is 7.99. The number of benzene rings is 2. The number of nitrogens with zero attached hydrogens (tertiary/aromatic N) is 2. The maximum Gasteiger partial charge on any atom is 0.341 e. The average molecular weight is 553 g/mol. The highest BCUT2D eigenvalue weighted by atomic mass is 35.5. The minimum atomic E-state index is -0.712. The number of unbranched alkanes of at least 4 members (excludes halogenated alkanes) is 2. The summed E-state index contributed by atoms with van der Waals surface area (Å²) >= 11 is 7.46. The van der Waals surface area contributed by atoms with Crippen molar-refractivity contribution in [2.45, 2.75) is 62.4 Å². The van der Waals surface area contributed by atoms with Crippen LogP contribution in [-0.2, 0) is 4.74 Å². The van der Waals surface area contributed by atoms with Crippen LogP contribution in [0, 0.1) is 29.9 Å². The number of fused-ring (bicyclic) bond motifs is 1. The molecule has 5 rings (SSSR count). The molecule has 2 unspecified atom stereocenters. The molecule has 0 bridgehead atoms. The zero-order chi connectivity index (χ0) is 26.8. The molecular formula is C30H27ClF2N2O2S. The number of ether oxygens (including phenoxy) is 1. The van der Waals surface area contributed by atoms with Gasteiger partial charge in [-0.25, -0.2) is 13.6 Å². The molecule has 0 radical (unpaired) electrons. The quantitative estimate of drug-likeness (QED) is 0.171. The molecule has 1 saturated carbocycles. The van der Waals surface area contributed by atoms with E-state index in [1.165, 1.54) is 23.9 Å². The molecule has 0 N–H and O–H groups in total. The Morgan fingerprint density at radius 1 is 1.21 bits per heavy atom. The third-order valence-corrected chi connectivity index (χ3v) is 8.42. The van der Waals surface area contributed by atoms with Gasteiger partial charge in [0, 0.05) is 28.0 Å². The van der Waals surface area contributed by atoms with E-state index in [4.69, 9.17) is 27.8 Å². The molecule has 2 aliphatic carbocycles. The number of esters is 1. The fraction of sp³-hybridized carbons (Fsp3) is 0.367. The average Bonchev–Trinajstić information content (AvgIpc) is 3.55. The van der Waals surface area contributed by atoms with E-state index in [1.54, 1.807) is 31.3 Å². The van der Waals surface area contributed by atoms with Gasteiger partial charge in [-0.3, -0.25) is 9.98 Å². The van der Waals surface area contributed by atoms with Crippen LogP contribution in [0.15, 0.2) is 50.8 Å². The molecule has 0 amide bonds. The molecule has 2 aromatic rings. The summed E-state index contributed by atoms with van der Waals surface area (Å²) in [6.07, 6.45) is 12.1. The van der Waals surface area contributed by atoms with E-state index in [1.807, 2.05) is 0 Å². The Balaban J connectivity index is 1.55. The Labute approximate surface area is 230 Å². The van der Waals surface area contributed by atoms with E-state index in [9.17, 15) is 4.79 Å². The Kier molecular flexibility index (Phi) is 8.01. The van der Waals surface area contributed by atoms with Gasteiger partial charge in [-0.05, 0) is 74.3 Å². The Hall–Kier alpha value is -2.95. The molecule has 1 fully saturated rings. The van der Waals surface area contributed by atoms with Crippen molar-refractivity contribution < 1.29 is 18.3 Å². The number of carbonyl (C=O) groups excluding carboxylic acids is 1. The van der Waals surface area contributed by atoms with E-state index in [2.05, 4.69) is 10.9 Å². The summed E-state index contributed by atoms with van der Waals surface area (Å²) in [7, 11) is 0. The van der Waals surface area contributed by atoms with Crippen molar-refractivity contribution in [3.05, 3.63) is 69.3 Å². The highest BCUT2D eigenvalue weighted by Crippen LogP contribution is 2.58. The fourth-order valence-electron chi connectivity index (χ4n) is 5.03. The molecule has 4 nitrogen and oxygen atoms in total. The first kappa shape index (κ1) is 26.6. The lowest BCUT2D eigenvalue weighted by molar-refractivity contribution is 0.0520. The Bertz CT molecular complexity index is 1410. The lowest BCUT2D eigenvalue weighted by atomic mass is 9.88. The zero-order valence-electron chi connectivity index (χ0n) is 21.0. The van der Waals surface area contributed by atoms with Gasteiger partial charge in [-0.1, -0.05) is 35.5 Å². The number of carbonyl (C=O) groups is 1. The predicted octanol–water partition coefficient (Wildman–Crippen LogP) is 7.85. The summed E-state index contributed by atoms with van der Waals surface area (Å²) < 4.78 is 36.2. The summed E-state index contributed by atoms with van der Waals surface area (Å²) in [4.78, 5) is 22.8. The van der Waals surface area contributed by atoms with Crippen LogP contribution >= 0.6 is 23.4 Å². The van der Waals surface area contributed by atoms with Crippen LogP contribution in [0.4, 0.5) is 8.78 Å². The van der Waals surface area contributed by atoms with E-state index in [0.29, 0.717) is 16.8 Å². The van der Waals surface area contributed by atoms with Gasteiger partial charge in [0.05, 0.1) is 28.8 Å². The monoisotopic (exact) mass is 552 g/mol. The number of hydrogen-bond acceptors (Lipinski definition) is 5. The third-order valence-electron chi connectivity index (χ3n) is 6.93. The molecule has 0 aromatic heterocycles. The van der Waals surface area contributed by atoms with E-state index >= 15 is 8.78 Å². The second kappa shape index (κ2) is 11.4. The first-order valence-electron chi connectivity index (χ1n) is 12.8. The van der Waals surface area contributed by atoms with Crippen molar-refractivity contribution in [2.24, 2.45) is 15.9 Å². The standard InChI is InChI=1S/C30H27ClF2N2O2S/c1-3-5-6-7-11-23-34-16-21(35-23)26-24(17-12-13-17)29(18-14-15-20(31)28(33)25(18)26)38-22-10-8-9-19(27(22)32)30(36)37-4-2/h1,8-10,14-17,23,26H,4-7,11-13H2,2H3. The Morgan fingerprint density at radius 3 is 2.76 bits per heavy atom. The fourth-order valence-corrected chi connectivity index (χ4v) is 6.46. The normalized spacial score (nSPS) is 19.9. The summed E-state index contributed by atoms with van der Waals surface area (Å²) in [6.45, 7) is 1.82. The highest BCUT2D eigenvalue weighted by Gasteiger charge is 2.45. The van der Waals surface area contributed by atoms with E-state index in [-0.39, 0.29) is 34.2 Å². The molecule has 0 spiro atoms. The molecule has 38 heavy (non-hydrogen) atoms. The van der Waals surface area contributed by atoms with Crippen LogP contribution < -0.4 is 0 Å². The summed E-state index contributed by atoms with van der Waals surface area (Å²) in [5, 5.41) is 0.0343. The van der Waals surface area contributed by atoms with Gasteiger partial charge in [-0.2, -0.15) is 0 Å². The topological polar surface area (TPSA) is 51.0 Å². The largest absolute Gasteiger partial charge is 0.462 e. The van der Waals surface area contributed by atoms with Crippen LogP contribution in [0.2, 0.25) is 5.02 Å². The first-order chi connectivity index (χ1) is 18.4. The van der Waals surface area contributed by atoms with E-state index in [0.717, 1.165) is 49.0 Å². The lowest BCUT2D eigenvalue weighted by Gasteiger charge is -2.17. The van der Waals surface area contributed by atoms with Gasteiger partial charge in [0.2, 0.25) is 0 Å². The number of terminal acetylenes is 1. The van der Waals surface area contributed by atoms with Gasteiger partial charge >= 0.3 is 5.97 Å². The summed E-state index contributed by atoms with van der Waals surface area (Å²) in [5.41, 5.74) is 2.74. The van der Waals surface area contributed by atoms with Crippen LogP contribution in [0.25, 0.3) is 4.91 Å². The third kappa shape index (κ3) is 5.17. The maximum absolute atomic E-state index is 15.7. The number of hydrogen-bond donors (Lipinski definition) is 0. The Morgan fingerprint density at radius 2 is 2.03 bits per heavy atom. The van der Waals surface area contributed by atoms with Crippen molar-refractivity contribution in [1.29, 1.82) is 0 Å². The summed E-state index contributed by atoms with van der Waals surface area (Å²) in [5.74, 6) is 0.597. The van der Waals surface area contributed by atoms with Crippen molar-refractivity contribution in [3.63, 3.8) is 0 Å². The van der Waals surface area contributed by atoms with Gasteiger partial charge in [0.25, 0.3) is 0 Å². The zero-order valence-corrected chi connectivity index (χ0v) is 22.5. The minimum absolute atomic E-state index is 0.0343. The van der Waals surface area contributed by atoms with Gasteiger partial charge in [0.15, 0.2) is 5.82 Å². The first-order valence-corrected chi connectivity index (χ1v) is 14.0. The number of thioether (sulfide) groups is 1. The molecule has 0 saturated heterocycles. The molecule has 196 valence electrons. The molecule has 8 heteroatoms. The molecular weight excluding hydrogens is 526 g/mol. The van der Waals surface area contributed by atoms with E-state index < -0.39 is 23.5 Å². The van der Waals surface area contributed by atoms with Crippen molar-refractivity contribution in [3.8, 4) is 12.3 Å². The van der Waals surface area contributed by atoms with Crippen molar-refractivity contribution >= 4 is 46.2 Å². The number of halogens is 3. The maximum atomic E-state index is 15.7. The SMILES string of the molecule is C#CCCCCC1N=CC(C2C(C3CC3)=C(Sc3cccc(C(=O)OCC)c3F)c3ccc(Cl)c(F)c32)=N1. The number of allylic oxidation sites excluding steroid dienone is 1. The molecule has 2 aromatic carbocycles. The van der Waals surface area contributed by atoms with Gasteiger partial charge in [0.1, 0.15) is 12.0 Å². The number of aliphatic imine (C=N–C) groups is 2. The minimum Gasteiger partial charge on any atom is -0.462 e.